The fraction of sp³-hybridized carbons (Fsp3) is 0.938. The smallest absolute Gasteiger partial charge is 0.220 e. The Bertz CT molecular complexity index is 1250. The van der Waals surface area contributed by atoms with Crippen LogP contribution in [-0.2, 0) is 4.79 Å². The van der Waals surface area contributed by atoms with Crippen LogP contribution in [0.15, 0.2) is 24.3 Å². The predicted molar refractivity (Wildman–Crippen MR) is 378 cm³/mol. The van der Waals surface area contributed by atoms with Gasteiger partial charge in [-0.3, -0.25) is 4.79 Å². The summed E-state index contributed by atoms with van der Waals surface area (Å²) < 4.78 is 0. The van der Waals surface area contributed by atoms with Gasteiger partial charge in [0.05, 0.1) is 18.8 Å². The molecular formula is C80H157NO3. The van der Waals surface area contributed by atoms with Gasteiger partial charge in [-0.1, -0.05) is 436 Å². The first-order valence-electron chi connectivity index (χ1n) is 39.5. The molecule has 0 radical (unpaired) electrons. The number of rotatable bonds is 75. The van der Waals surface area contributed by atoms with E-state index in [1.165, 1.54) is 405 Å². The highest BCUT2D eigenvalue weighted by atomic mass is 16.3. The number of carbonyl (C=O) groups is 1. The van der Waals surface area contributed by atoms with Crippen molar-refractivity contribution in [2.45, 2.75) is 475 Å². The second-order valence-corrected chi connectivity index (χ2v) is 27.5. The molecule has 0 aliphatic rings. The first kappa shape index (κ1) is 82.9. The maximum Gasteiger partial charge on any atom is 0.220 e. The third-order valence-electron chi connectivity index (χ3n) is 19.0. The summed E-state index contributed by atoms with van der Waals surface area (Å²) in [7, 11) is 0. The highest BCUT2D eigenvalue weighted by Crippen LogP contribution is 2.21. The van der Waals surface area contributed by atoms with Gasteiger partial charge in [-0.05, 0) is 44.9 Å². The van der Waals surface area contributed by atoms with Crippen molar-refractivity contribution >= 4 is 5.91 Å². The Morgan fingerprint density at radius 2 is 0.488 bits per heavy atom. The van der Waals surface area contributed by atoms with Gasteiger partial charge in [0.15, 0.2) is 0 Å². The molecule has 500 valence electrons. The van der Waals surface area contributed by atoms with E-state index in [1.54, 1.807) is 0 Å². The zero-order valence-corrected chi connectivity index (χ0v) is 58.0. The summed E-state index contributed by atoms with van der Waals surface area (Å²) in [6.07, 6.45) is 104. The summed E-state index contributed by atoms with van der Waals surface area (Å²) in [5.41, 5.74) is 0. The molecular weight excluding hydrogens is 1020 g/mol. The standard InChI is InChI=1S/C80H157NO3/c1-3-5-7-9-11-13-15-17-19-21-23-25-27-29-31-33-35-37-38-39-40-41-42-44-46-48-50-52-54-56-58-60-62-64-66-68-70-72-74-76-80(84)81-78(77-82)79(83)75-73-71-69-67-65-63-61-59-57-55-53-51-49-47-45-43-36-34-32-30-28-26-24-22-20-18-16-14-12-10-8-6-4-2/h15,17,21,23,78-79,82-83H,3-14,16,18-20,22,24-77H2,1-2H3,(H,81,84)/b17-15-,23-21-. The summed E-state index contributed by atoms with van der Waals surface area (Å²) in [5.74, 6) is -0.0196. The van der Waals surface area contributed by atoms with Crippen LogP contribution in [0, 0.1) is 0 Å². The van der Waals surface area contributed by atoms with Crippen molar-refractivity contribution in [2.24, 2.45) is 0 Å². The molecule has 1 amide bonds. The summed E-state index contributed by atoms with van der Waals surface area (Å²) in [6.45, 7) is 4.41. The molecule has 0 spiro atoms. The second kappa shape index (κ2) is 76.1. The first-order chi connectivity index (χ1) is 41.7. The Morgan fingerprint density at radius 3 is 0.714 bits per heavy atom. The molecule has 0 fully saturated rings. The topological polar surface area (TPSA) is 69.6 Å². The Morgan fingerprint density at radius 1 is 0.286 bits per heavy atom. The highest BCUT2D eigenvalue weighted by molar-refractivity contribution is 5.76. The minimum Gasteiger partial charge on any atom is -0.394 e. The summed E-state index contributed by atoms with van der Waals surface area (Å²) >= 11 is 0. The SMILES string of the molecule is CCCCCCC/C=C\C/C=C\CCCCCCCCCCCCCCCCCCCCCCCCCCCCCC(=O)NC(CO)C(O)CCCCCCCCCCCCCCCCCCCCCCCCCCCCCCCCCCC. The van der Waals surface area contributed by atoms with Gasteiger partial charge in [0.2, 0.25) is 5.91 Å². The van der Waals surface area contributed by atoms with Crippen LogP contribution in [0.5, 0.6) is 0 Å². The molecule has 0 bridgehead atoms. The van der Waals surface area contributed by atoms with Crippen LogP contribution in [0.1, 0.15) is 463 Å². The van der Waals surface area contributed by atoms with Crippen LogP contribution in [-0.4, -0.2) is 34.9 Å². The van der Waals surface area contributed by atoms with Gasteiger partial charge in [0.25, 0.3) is 0 Å². The molecule has 84 heavy (non-hydrogen) atoms. The van der Waals surface area contributed by atoms with Crippen molar-refractivity contribution in [2.75, 3.05) is 6.61 Å². The Balaban J connectivity index is 3.35. The van der Waals surface area contributed by atoms with Gasteiger partial charge in [0.1, 0.15) is 0 Å². The monoisotopic (exact) mass is 1180 g/mol. The normalized spacial score (nSPS) is 12.7. The van der Waals surface area contributed by atoms with Gasteiger partial charge in [0, 0.05) is 6.42 Å². The van der Waals surface area contributed by atoms with Crippen LogP contribution in [0.4, 0.5) is 0 Å². The molecule has 2 unspecified atom stereocenters. The van der Waals surface area contributed by atoms with Crippen molar-refractivity contribution in [3.63, 3.8) is 0 Å². The summed E-state index contributed by atoms with van der Waals surface area (Å²) in [4.78, 5) is 12.6. The molecule has 0 rings (SSSR count). The number of hydrogen-bond acceptors (Lipinski definition) is 3. The average Bonchev–Trinajstić information content (AvgIpc) is 3.51. The van der Waals surface area contributed by atoms with Gasteiger partial charge in [-0.25, -0.2) is 0 Å². The Labute approximate surface area is 529 Å². The third-order valence-corrected chi connectivity index (χ3v) is 19.0. The van der Waals surface area contributed by atoms with E-state index in [-0.39, 0.29) is 12.5 Å². The zero-order chi connectivity index (χ0) is 60.5. The molecule has 0 aromatic rings. The largest absolute Gasteiger partial charge is 0.394 e. The van der Waals surface area contributed by atoms with Gasteiger partial charge < -0.3 is 15.5 Å². The first-order valence-corrected chi connectivity index (χ1v) is 39.5. The lowest BCUT2D eigenvalue weighted by molar-refractivity contribution is -0.123. The van der Waals surface area contributed by atoms with Crippen molar-refractivity contribution in [3.8, 4) is 0 Å². The van der Waals surface area contributed by atoms with E-state index in [1.807, 2.05) is 0 Å². The third kappa shape index (κ3) is 71.6. The minimum absolute atomic E-state index is 0.0196. The highest BCUT2D eigenvalue weighted by Gasteiger charge is 2.20. The Kier molecular flexibility index (Phi) is 75.1. The van der Waals surface area contributed by atoms with Crippen LogP contribution < -0.4 is 5.32 Å². The number of carbonyl (C=O) groups excluding carboxylic acids is 1. The number of hydrogen-bond donors (Lipinski definition) is 3. The van der Waals surface area contributed by atoms with E-state index < -0.39 is 12.1 Å². The maximum atomic E-state index is 12.6. The lowest BCUT2D eigenvalue weighted by Gasteiger charge is -2.22. The molecule has 0 aliphatic carbocycles. The molecule has 0 aromatic heterocycles. The van der Waals surface area contributed by atoms with Crippen molar-refractivity contribution in [1.29, 1.82) is 0 Å². The van der Waals surface area contributed by atoms with Gasteiger partial charge in [-0.2, -0.15) is 0 Å². The predicted octanol–water partition coefficient (Wildman–Crippen LogP) is 27.3. The van der Waals surface area contributed by atoms with Gasteiger partial charge in [-0.15, -0.1) is 0 Å². The van der Waals surface area contributed by atoms with Crippen LogP contribution >= 0.6 is 0 Å². The van der Waals surface area contributed by atoms with Crippen molar-refractivity contribution in [1.82, 2.24) is 5.32 Å². The fourth-order valence-corrected chi connectivity index (χ4v) is 13.0. The lowest BCUT2D eigenvalue weighted by Crippen LogP contribution is -2.45. The molecule has 4 heteroatoms. The molecule has 4 nitrogen and oxygen atoms in total. The zero-order valence-electron chi connectivity index (χ0n) is 58.0. The van der Waals surface area contributed by atoms with E-state index in [0.29, 0.717) is 12.8 Å². The van der Waals surface area contributed by atoms with Crippen LogP contribution in [0.25, 0.3) is 0 Å². The van der Waals surface area contributed by atoms with E-state index >= 15 is 0 Å². The van der Waals surface area contributed by atoms with E-state index in [4.69, 9.17) is 0 Å². The van der Waals surface area contributed by atoms with Gasteiger partial charge >= 0.3 is 0 Å². The number of unbranched alkanes of at least 4 members (excludes halogenated alkanes) is 64. The van der Waals surface area contributed by atoms with E-state index in [9.17, 15) is 15.0 Å². The van der Waals surface area contributed by atoms with Crippen molar-refractivity contribution in [3.05, 3.63) is 24.3 Å². The lowest BCUT2D eigenvalue weighted by atomic mass is 10.0. The quantitative estimate of drug-likeness (QED) is 0.0420. The number of aliphatic hydroxyl groups is 2. The number of amides is 1. The summed E-state index contributed by atoms with van der Waals surface area (Å²) in [6, 6.07) is -0.535. The van der Waals surface area contributed by atoms with Crippen molar-refractivity contribution < 1.29 is 15.0 Å². The molecule has 0 heterocycles. The molecule has 2 atom stereocenters. The number of nitrogens with one attached hydrogen (secondary N) is 1. The molecule has 0 aromatic carbocycles. The number of aliphatic hydroxyl groups excluding tert-OH is 2. The van der Waals surface area contributed by atoms with E-state index in [0.717, 1.165) is 32.1 Å². The summed E-state index contributed by atoms with van der Waals surface area (Å²) in [5, 5.41) is 23.5. The molecule has 3 N–H and O–H groups in total. The molecule has 0 saturated carbocycles. The molecule has 0 aliphatic heterocycles. The average molecular weight is 1180 g/mol. The number of allylic oxidation sites excluding steroid dienone is 4. The minimum atomic E-state index is -0.659. The molecule has 0 saturated heterocycles. The van der Waals surface area contributed by atoms with Crippen LogP contribution in [0.2, 0.25) is 0 Å². The Hall–Kier alpha value is -1.13. The second-order valence-electron chi connectivity index (χ2n) is 27.5. The van der Waals surface area contributed by atoms with E-state index in [2.05, 4.69) is 43.5 Å². The maximum absolute atomic E-state index is 12.6. The fourth-order valence-electron chi connectivity index (χ4n) is 13.0. The van der Waals surface area contributed by atoms with Crippen LogP contribution in [0.3, 0.4) is 0 Å².